The molecule has 2 rings (SSSR count). The van der Waals surface area contributed by atoms with Crippen molar-refractivity contribution in [2.45, 2.75) is 6.92 Å². The van der Waals surface area contributed by atoms with Crippen molar-refractivity contribution in [1.82, 2.24) is 4.98 Å². The molecular formula is C10H8N2O3S2. The van der Waals surface area contributed by atoms with Gasteiger partial charge < -0.3 is 10.4 Å². The molecule has 0 bridgehead atoms. The molecule has 1 amide bonds. The van der Waals surface area contributed by atoms with Crippen LogP contribution in [0.5, 0.6) is 0 Å². The van der Waals surface area contributed by atoms with Crippen LogP contribution in [-0.4, -0.2) is 22.0 Å². The molecule has 2 heterocycles. The fourth-order valence-corrected chi connectivity index (χ4v) is 2.58. The summed E-state index contributed by atoms with van der Waals surface area (Å²) in [6, 6.07) is 1.57. The lowest BCUT2D eigenvalue weighted by Gasteiger charge is -2.01. The highest BCUT2D eigenvalue weighted by Gasteiger charge is 2.16. The summed E-state index contributed by atoms with van der Waals surface area (Å²) in [5.41, 5.74) is 0.318. The molecule has 5 nitrogen and oxygen atoms in total. The molecule has 0 fully saturated rings. The van der Waals surface area contributed by atoms with Gasteiger partial charge in [-0.2, -0.15) is 0 Å². The van der Waals surface area contributed by atoms with E-state index < -0.39 is 5.97 Å². The molecule has 0 aliphatic heterocycles. The molecule has 0 radical (unpaired) electrons. The number of amides is 1. The number of anilines is 1. The standard InChI is InChI=1S/C10H8N2O3S2/c1-5-11-4-7(17-5)9(13)12-6-2-3-16-8(6)10(14)15/h2-4H,1H3,(H,12,13)(H,14,15). The Balaban J connectivity index is 2.18. The van der Waals surface area contributed by atoms with Crippen molar-refractivity contribution < 1.29 is 14.7 Å². The van der Waals surface area contributed by atoms with Crippen LogP contribution >= 0.6 is 22.7 Å². The van der Waals surface area contributed by atoms with Gasteiger partial charge in [0.05, 0.1) is 16.9 Å². The fraction of sp³-hybridized carbons (Fsp3) is 0.100. The number of aromatic carboxylic acids is 1. The van der Waals surface area contributed by atoms with Gasteiger partial charge in [-0.15, -0.1) is 22.7 Å². The number of thiazole rings is 1. The number of hydrogen-bond acceptors (Lipinski definition) is 5. The first-order valence-corrected chi connectivity index (χ1v) is 6.32. The van der Waals surface area contributed by atoms with E-state index in [9.17, 15) is 9.59 Å². The molecule has 0 aromatic carbocycles. The van der Waals surface area contributed by atoms with Crippen LogP contribution in [0.3, 0.4) is 0 Å². The molecule has 2 N–H and O–H groups in total. The predicted molar refractivity (Wildman–Crippen MR) is 66.1 cm³/mol. The van der Waals surface area contributed by atoms with Gasteiger partial charge in [-0.1, -0.05) is 0 Å². The number of carboxylic acid groups (broad SMARTS) is 1. The molecule has 0 spiro atoms. The predicted octanol–water partition coefficient (Wildman–Crippen LogP) is 2.46. The summed E-state index contributed by atoms with van der Waals surface area (Å²) in [5.74, 6) is -1.38. The quantitative estimate of drug-likeness (QED) is 0.896. The molecule has 0 saturated carbocycles. The molecule has 0 aliphatic carbocycles. The summed E-state index contributed by atoms with van der Waals surface area (Å²) in [7, 11) is 0. The first-order chi connectivity index (χ1) is 8.08. The zero-order chi connectivity index (χ0) is 12.4. The number of carboxylic acids is 1. The van der Waals surface area contributed by atoms with Gasteiger partial charge in [-0.25, -0.2) is 9.78 Å². The molecule has 0 unspecified atom stereocenters. The summed E-state index contributed by atoms with van der Waals surface area (Å²) < 4.78 is 0. The van der Waals surface area contributed by atoms with E-state index in [1.165, 1.54) is 17.5 Å². The maximum Gasteiger partial charge on any atom is 0.348 e. The number of nitrogens with one attached hydrogen (secondary N) is 1. The van der Waals surface area contributed by atoms with Gasteiger partial charge >= 0.3 is 5.97 Å². The number of carbonyl (C=O) groups is 2. The average molecular weight is 268 g/mol. The highest BCUT2D eigenvalue weighted by atomic mass is 32.1. The number of carbonyl (C=O) groups excluding carboxylic acids is 1. The fourth-order valence-electron chi connectivity index (χ4n) is 1.22. The SMILES string of the molecule is Cc1ncc(C(=O)Nc2ccsc2C(=O)O)s1. The third-order valence-electron chi connectivity index (χ3n) is 1.95. The van der Waals surface area contributed by atoms with Gasteiger partial charge in [0.25, 0.3) is 5.91 Å². The van der Waals surface area contributed by atoms with Crippen LogP contribution in [0, 0.1) is 6.92 Å². The number of hydrogen-bond donors (Lipinski definition) is 2. The van der Waals surface area contributed by atoms with Crippen molar-refractivity contribution in [2.75, 3.05) is 5.32 Å². The smallest absolute Gasteiger partial charge is 0.348 e. The van der Waals surface area contributed by atoms with E-state index in [1.807, 2.05) is 0 Å². The number of aryl methyl sites for hydroxylation is 1. The van der Waals surface area contributed by atoms with Crippen molar-refractivity contribution >= 4 is 40.2 Å². The number of nitrogens with zero attached hydrogens (tertiary/aromatic N) is 1. The van der Waals surface area contributed by atoms with Crippen LogP contribution in [0.2, 0.25) is 0 Å². The molecular weight excluding hydrogens is 260 g/mol. The van der Waals surface area contributed by atoms with E-state index in [0.29, 0.717) is 10.6 Å². The van der Waals surface area contributed by atoms with Crippen LogP contribution in [-0.2, 0) is 0 Å². The summed E-state index contributed by atoms with van der Waals surface area (Å²) in [6.07, 6.45) is 1.47. The number of rotatable bonds is 3. The summed E-state index contributed by atoms with van der Waals surface area (Å²) in [6.45, 7) is 1.80. The molecule has 0 aliphatic rings. The van der Waals surface area contributed by atoms with E-state index in [4.69, 9.17) is 5.11 Å². The van der Waals surface area contributed by atoms with E-state index in [1.54, 1.807) is 18.4 Å². The van der Waals surface area contributed by atoms with Gasteiger partial charge in [0.1, 0.15) is 9.75 Å². The second-order valence-corrected chi connectivity index (χ2v) is 5.32. The Bertz CT molecular complexity index is 574. The summed E-state index contributed by atoms with van der Waals surface area (Å²) in [4.78, 5) is 27.2. The monoisotopic (exact) mass is 268 g/mol. The minimum absolute atomic E-state index is 0.125. The Labute approximate surface area is 105 Å². The number of thiophene rings is 1. The van der Waals surface area contributed by atoms with Crippen LogP contribution in [0.1, 0.15) is 24.4 Å². The average Bonchev–Trinajstić information content (AvgIpc) is 2.86. The van der Waals surface area contributed by atoms with E-state index in [0.717, 1.165) is 16.3 Å². The lowest BCUT2D eigenvalue weighted by atomic mass is 10.3. The topological polar surface area (TPSA) is 79.3 Å². The zero-order valence-corrected chi connectivity index (χ0v) is 10.4. The number of aromatic nitrogens is 1. The zero-order valence-electron chi connectivity index (χ0n) is 8.76. The maximum atomic E-state index is 11.8. The largest absolute Gasteiger partial charge is 0.477 e. The van der Waals surface area contributed by atoms with Crippen molar-refractivity contribution in [1.29, 1.82) is 0 Å². The highest BCUT2D eigenvalue weighted by molar-refractivity contribution is 7.14. The van der Waals surface area contributed by atoms with Crippen molar-refractivity contribution in [3.63, 3.8) is 0 Å². The molecule has 88 valence electrons. The van der Waals surface area contributed by atoms with Crippen LogP contribution in [0.25, 0.3) is 0 Å². The first kappa shape index (κ1) is 11.7. The second-order valence-electron chi connectivity index (χ2n) is 3.17. The van der Waals surface area contributed by atoms with Gasteiger partial charge in [0.2, 0.25) is 0 Å². The Hall–Kier alpha value is -1.73. The molecule has 0 atom stereocenters. The van der Waals surface area contributed by atoms with Crippen molar-refractivity contribution in [3.8, 4) is 0 Å². The Kier molecular flexibility index (Phi) is 3.21. The van der Waals surface area contributed by atoms with E-state index >= 15 is 0 Å². The van der Waals surface area contributed by atoms with Crippen LogP contribution < -0.4 is 5.32 Å². The van der Waals surface area contributed by atoms with Crippen LogP contribution in [0.4, 0.5) is 5.69 Å². The molecule has 17 heavy (non-hydrogen) atoms. The normalized spacial score (nSPS) is 10.2. The third kappa shape index (κ3) is 2.51. The summed E-state index contributed by atoms with van der Waals surface area (Å²) >= 11 is 2.34. The molecule has 7 heteroatoms. The minimum Gasteiger partial charge on any atom is -0.477 e. The lowest BCUT2D eigenvalue weighted by Crippen LogP contribution is -2.11. The van der Waals surface area contributed by atoms with Gasteiger partial charge in [-0.05, 0) is 18.4 Å². The van der Waals surface area contributed by atoms with Crippen molar-refractivity contribution in [3.05, 3.63) is 32.4 Å². The van der Waals surface area contributed by atoms with E-state index in [2.05, 4.69) is 10.3 Å². The van der Waals surface area contributed by atoms with Gasteiger partial charge in [0, 0.05) is 0 Å². The Morgan fingerprint density at radius 2 is 2.24 bits per heavy atom. The van der Waals surface area contributed by atoms with Gasteiger partial charge in [-0.3, -0.25) is 4.79 Å². The van der Waals surface area contributed by atoms with Gasteiger partial charge in [0.15, 0.2) is 0 Å². The van der Waals surface area contributed by atoms with Crippen LogP contribution in [0.15, 0.2) is 17.6 Å². The second kappa shape index (κ2) is 4.64. The van der Waals surface area contributed by atoms with E-state index in [-0.39, 0.29) is 10.8 Å². The van der Waals surface area contributed by atoms with Crippen molar-refractivity contribution in [2.24, 2.45) is 0 Å². The maximum absolute atomic E-state index is 11.8. The lowest BCUT2D eigenvalue weighted by molar-refractivity contribution is 0.0703. The minimum atomic E-state index is -1.05. The molecule has 2 aromatic heterocycles. The Morgan fingerprint density at radius 3 is 2.82 bits per heavy atom. The first-order valence-electron chi connectivity index (χ1n) is 4.62. The molecule has 2 aromatic rings. The Morgan fingerprint density at radius 1 is 1.47 bits per heavy atom. The highest BCUT2D eigenvalue weighted by Crippen LogP contribution is 2.23. The third-order valence-corrected chi connectivity index (χ3v) is 3.77. The molecule has 0 saturated heterocycles. The summed E-state index contributed by atoms with van der Waals surface area (Å²) in [5, 5.41) is 13.9.